The zero-order chi connectivity index (χ0) is 24.8. The van der Waals surface area contributed by atoms with E-state index in [-0.39, 0.29) is 30.3 Å². The molecule has 3 aromatic rings. The highest BCUT2D eigenvalue weighted by Crippen LogP contribution is 2.27. The molecule has 4 rings (SSSR count). The second-order valence-corrected chi connectivity index (χ2v) is 6.96. The summed E-state index contributed by atoms with van der Waals surface area (Å²) in [5, 5.41) is 10.9. The van der Waals surface area contributed by atoms with Crippen molar-refractivity contribution in [2.24, 2.45) is 11.7 Å². The number of amides is 1. The largest absolute Gasteiger partial charge is 0.396 e. The predicted molar refractivity (Wildman–Crippen MR) is 123 cm³/mol. The number of hydrogen-bond acceptors (Lipinski definition) is 4. The molecule has 0 bridgehead atoms. The van der Waals surface area contributed by atoms with Crippen molar-refractivity contribution >= 4 is 23.1 Å². The Kier molecular flexibility index (Phi) is 12.5. The van der Waals surface area contributed by atoms with E-state index in [0.29, 0.717) is 28.8 Å². The maximum absolute atomic E-state index is 13.5. The average molecular weight is 466 g/mol. The number of nitrogens with one attached hydrogen (secondary N) is 2. The molecule has 1 aromatic heterocycles. The van der Waals surface area contributed by atoms with E-state index in [1.54, 1.807) is 25.2 Å². The van der Waals surface area contributed by atoms with Crippen LogP contribution in [-0.2, 0) is 9.59 Å². The van der Waals surface area contributed by atoms with Gasteiger partial charge in [-0.1, -0.05) is 6.42 Å². The smallest absolute Gasteiger partial charge is 0.222 e. The second kappa shape index (κ2) is 14.8. The highest BCUT2D eigenvalue weighted by molar-refractivity contribution is 5.86. The van der Waals surface area contributed by atoms with Crippen LogP contribution in [-0.4, -0.2) is 43.0 Å². The molecule has 5 N–H and O–H groups in total. The van der Waals surface area contributed by atoms with Crippen LogP contribution in [0.3, 0.4) is 0 Å². The summed E-state index contributed by atoms with van der Waals surface area (Å²) < 4.78 is 39.4. The molecule has 1 amide bonds. The summed E-state index contributed by atoms with van der Waals surface area (Å²) in [4.78, 5) is 22.8. The average Bonchev–Trinajstić information content (AvgIpc) is 3.20. The third kappa shape index (κ3) is 8.70. The lowest BCUT2D eigenvalue weighted by Crippen LogP contribution is -2.31. The number of aliphatic hydroxyl groups excluding tert-OH is 1. The number of fused-ring (bicyclic) bond motifs is 1. The first kappa shape index (κ1) is 27.9. The van der Waals surface area contributed by atoms with E-state index >= 15 is 0 Å². The maximum atomic E-state index is 13.5. The molecule has 0 radical (unpaired) electrons. The Labute approximate surface area is 191 Å². The molecule has 2 aromatic carbocycles. The van der Waals surface area contributed by atoms with Crippen molar-refractivity contribution < 1.29 is 27.9 Å². The fourth-order valence-electron chi connectivity index (χ4n) is 2.88. The molecule has 33 heavy (non-hydrogen) atoms. The Morgan fingerprint density at radius 2 is 1.76 bits per heavy atom. The van der Waals surface area contributed by atoms with E-state index < -0.39 is 11.6 Å². The molecule has 1 aliphatic carbocycles. The van der Waals surface area contributed by atoms with Crippen LogP contribution in [0.1, 0.15) is 25.7 Å². The molecule has 9 heteroatoms. The molecule has 180 valence electrons. The minimum absolute atomic E-state index is 0.0243. The number of aliphatic hydroxyl groups is 1. The lowest BCUT2D eigenvalue weighted by Gasteiger charge is -2.22. The number of carbonyl (C=O) groups is 2. The third-order valence-electron chi connectivity index (χ3n) is 4.77. The van der Waals surface area contributed by atoms with Crippen LogP contribution in [0.5, 0.6) is 0 Å². The van der Waals surface area contributed by atoms with Gasteiger partial charge in [0.25, 0.3) is 0 Å². The molecule has 1 fully saturated rings. The van der Waals surface area contributed by atoms with E-state index in [4.69, 9.17) is 5.11 Å². The Bertz CT molecular complexity index is 1000. The van der Waals surface area contributed by atoms with Crippen LogP contribution in [0.2, 0.25) is 0 Å². The minimum Gasteiger partial charge on any atom is -0.396 e. The van der Waals surface area contributed by atoms with Crippen LogP contribution < -0.4 is 11.1 Å². The van der Waals surface area contributed by atoms with Gasteiger partial charge in [0.2, 0.25) is 5.91 Å². The Morgan fingerprint density at radius 3 is 2.18 bits per heavy atom. The highest BCUT2D eigenvalue weighted by atomic mass is 19.1. The predicted octanol–water partition coefficient (Wildman–Crippen LogP) is 3.93. The van der Waals surface area contributed by atoms with Crippen molar-refractivity contribution in [2.45, 2.75) is 25.7 Å². The molecule has 1 saturated carbocycles. The molecule has 0 aliphatic heterocycles. The minimum atomic E-state index is -0.640. The standard InChI is InChI=1S/C14H8F3N.C6H11NO.C3H6O2.CH5N/c15-10-3-1-8(2-4-10)13-6-9-5-11(16)7-12(17)14(9)18-13;1-7-6(8)5-3-2-4-5;4-2-1-3-5;1-2/h1-7,18H;5H,2-4H2,1H3,(H,7,8);2,5H,1,3H2;2H2,1H3. The fraction of sp³-hybridized carbons (Fsp3) is 0.333. The van der Waals surface area contributed by atoms with Gasteiger partial charge in [-0.3, -0.25) is 4.79 Å². The Hall–Kier alpha value is -3.17. The van der Waals surface area contributed by atoms with Crippen molar-refractivity contribution in [1.82, 2.24) is 10.3 Å². The van der Waals surface area contributed by atoms with Crippen molar-refractivity contribution in [2.75, 3.05) is 20.7 Å². The number of nitrogens with two attached hydrogens (primary N) is 1. The van der Waals surface area contributed by atoms with E-state index in [1.807, 2.05) is 0 Å². The van der Waals surface area contributed by atoms with Crippen LogP contribution in [0.4, 0.5) is 13.2 Å². The summed E-state index contributed by atoms with van der Waals surface area (Å²) in [6.07, 6.45) is 4.37. The van der Waals surface area contributed by atoms with Gasteiger partial charge >= 0.3 is 0 Å². The molecule has 1 aliphatic rings. The van der Waals surface area contributed by atoms with Gasteiger partial charge in [-0.15, -0.1) is 0 Å². The SMILES string of the molecule is CN.CNC(=O)C1CCC1.Fc1ccc(-c2cc3cc(F)cc(F)c3[nH]2)cc1.O=CCCO. The number of aromatic nitrogens is 1. The summed E-state index contributed by atoms with van der Waals surface area (Å²) in [5.41, 5.74) is 6.08. The van der Waals surface area contributed by atoms with Crippen molar-refractivity contribution in [3.05, 3.63) is 59.9 Å². The van der Waals surface area contributed by atoms with Gasteiger partial charge in [0, 0.05) is 43.1 Å². The number of benzene rings is 2. The molecule has 0 unspecified atom stereocenters. The van der Waals surface area contributed by atoms with Gasteiger partial charge in [0.05, 0.1) is 5.52 Å². The van der Waals surface area contributed by atoms with Crippen LogP contribution in [0.15, 0.2) is 42.5 Å². The number of H-pyrrole nitrogens is 1. The lowest BCUT2D eigenvalue weighted by molar-refractivity contribution is -0.126. The molecule has 0 spiro atoms. The number of rotatable bonds is 4. The second-order valence-electron chi connectivity index (χ2n) is 6.96. The van der Waals surface area contributed by atoms with Gasteiger partial charge in [-0.25, -0.2) is 13.2 Å². The monoisotopic (exact) mass is 465 g/mol. The highest BCUT2D eigenvalue weighted by Gasteiger charge is 2.23. The van der Waals surface area contributed by atoms with Crippen LogP contribution in [0.25, 0.3) is 22.2 Å². The van der Waals surface area contributed by atoms with Gasteiger partial charge in [-0.2, -0.15) is 0 Å². The summed E-state index contributed by atoms with van der Waals surface area (Å²) in [6, 6.07) is 9.50. The number of carbonyl (C=O) groups excluding carboxylic acids is 2. The molecule has 0 saturated heterocycles. The first-order chi connectivity index (χ1) is 15.9. The van der Waals surface area contributed by atoms with Crippen LogP contribution >= 0.6 is 0 Å². The number of halogens is 3. The van der Waals surface area contributed by atoms with Gasteiger partial charge < -0.3 is 25.9 Å². The molecule has 6 nitrogen and oxygen atoms in total. The number of aromatic amines is 1. The fourth-order valence-corrected chi connectivity index (χ4v) is 2.88. The van der Waals surface area contributed by atoms with Gasteiger partial charge in [0.1, 0.15) is 23.7 Å². The lowest BCUT2D eigenvalue weighted by atomic mass is 9.85. The van der Waals surface area contributed by atoms with E-state index in [0.717, 1.165) is 18.9 Å². The van der Waals surface area contributed by atoms with Crippen molar-refractivity contribution in [3.8, 4) is 11.3 Å². The van der Waals surface area contributed by atoms with Crippen molar-refractivity contribution in [3.63, 3.8) is 0 Å². The van der Waals surface area contributed by atoms with Crippen molar-refractivity contribution in [1.29, 1.82) is 0 Å². The zero-order valence-electron chi connectivity index (χ0n) is 18.7. The molecule has 0 atom stereocenters. The maximum Gasteiger partial charge on any atom is 0.222 e. The van der Waals surface area contributed by atoms with E-state index in [9.17, 15) is 22.8 Å². The summed E-state index contributed by atoms with van der Waals surface area (Å²) in [6.45, 7) is -0.0243. The first-order valence-electron chi connectivity index (χ1n) is 10.5. The summed E-state index contributed by atoms with van der Waals surface area (Å²) in [7, 11) is 3.20. The molecule has 1 heterocycles. The first-order valence-corrected chi connectivity index (χ1v) is 10.5. The topological polar surface area (TPSA) is 108 Å². The summed E-state index contributed by atoms with van der Waals surface area (Å²) in [5.74, 6) is -1.04. The quantitative estimate of drug-likeness (QED) is 0.438. The zero-order valence-corrected chi connectivity index (χ0v) is 18.7. The van der Waals surface area contributed by atoms with Crippen LogP contribution in [0, 0.1) is 23.4 Å². The Morgan fingerprint density at radius 1 is 1.12 bits per heavy atom. The number of aldehydes is 1. The molecular formula is C24H30F3N3O3. The van der Waals surface area contributed by atoms with Gasteiger partial charge in [-0.05, 0) is 61.9 Å². The van der Waals surface area contributed by atoms with E-state index in [1.165, 1.54) is 31.7 Å². The number of hydrogen-bond donors (Lipinski definition) is 4. The molecular weight excluding hydrogens is 435 g/mol. The third-order valence-corrected chi connectivity index (χ3v) is 4.77. The summed E-state index contributed by atoms with van der Waals surface area (Å²) >= 11 is 0. The normalized spacial score (nSPS) is 12.1. The van der Waals surface area contributed by atoms with Gasteiger partial charge in [0.15, 0.2) is 0 Å². The Balaban J connectivity index is 0.000000302. The van der Waals surface area contributed by atoms with E-state index in [2.05, 4.69) is 16.0 Å².